The van der Waals surface area contributed by atoms with Gasteiger partial charge in [0.25, 0.3) is 0 Å². The summed E-state index contributed by atoms with van der Waals surface area (Å²) in [5, 5.41) is 3.18. The SMILES string of the molecule is COC(=O)CCCNc1ccncc1. The molecule has 4 heteroatoms. The van der Waals surface area contributed by atoms with Crippen molar-refractivity contribution in [2.75, 3.05) is 19.0 Å². The van der Waals surface area contributed by atoms with E-state index in [0.29, 0.717) is 6.42 Å². The molecule has 1 rings (SSSR count). The first-order valence-electron chi connectivity index (χ1n) is 4.53. The summed E-state index contributed by atoms with van der Waals surface area (Å²) in [7, 11) is 1.40. The topological polar surface area (TPSA) is 51.2 Å². The van der Waals surface area contributed by atoms with E-state index in [1.807, 2.05) is 12.1 Å². The zero-order valence-corrected chi connectivity index (χ0v) is 8.19. The molecule has 1 heterocycles. The van der Waals surface area contributed by atoms with Gasteiger partial charge in [0.15, 0.2) is 0 Å². The number of esters is 1. The van der Waals surface area contributed by atoms with E-state index >= 15 is 0 Å². The molecule has 0 bridgehead atoms. The molecule has 0 aromatic carbocycles. The normalized spacial score (nSPS) is 9.50. The Bertz CT molecular complexity index is 275. The van der Waals surface area contributed by atoms with E-state index in [0.717, 1.165) is 18.7 Å². The van der Waals surface area contributed by atoms with Crippen LogP contribution in [0.25, 0.3) is 0 Å². The number of anilines is 1. The summed E-state index contributed by atoms with van der Waals surface area (Å²) in [6.45, 7) is 0.763. The maximum Gasteiger partial charge on any atom is 0.305 e. The lowest BCUT2D eigenvalue weighted by atomic mass is 10.3. The van der Waals surface area contributed by atoms with Crippen molar-refractivity contribution in [3.8, 4) is 0 Å². The summed E-state index contributed by atoms with van der Waals surface area (Å²) in [5.74, 6) is -0.165. The number of nitrogens with one attached hydrogen (secondary N) is 1. The zero-order chi connectivity index (χ0) is 10.2. The van der Waals surface area contributed by atoms with Crippen LogP contribution in [0.15, 0.2) is 24.5 Å². The number of pyridine rings is 1. The predicted octanol–water partition coefficient (Wildman–Crippen LogP) is 1.45. The minimum atomic E-state index is -0.165. The molecular formula is C10H14N2O2. The monoisotopic (exact) mass is 194 g/mol. The quantitative estimate of drug-likeness (QED) is 0.569. The standard InChI is InChI=1S/C10H14N2O2/c1-14-10(13)3-2-6-12-9-4-7-11-8-5-9/h4-5,7-8H,2-3,6H2,1H3,(H,11,12). The van der Waals surface area contributed by atoms with Crippen LogP contribution in [0.3, 0.4) is 0 Å². The Labute approximate surface area is 83.3 Å². The van der Waals surface area contributed by atoms with Gasteiger partial charge in [0, 0.05) is 31.0 Å². The highest BCUT2D eigenvalue weighted by molar-refractivity contribution is 5.69. The van der Waals surface area contributed by atoms with Crippen LogP contribution in [-0.4, -0.2) is 24.6 Å². The molecule has 0 saturated carbocycles. The molecule has 1 aromatic rings. The molecular weight excluding hydrogens is 180 g/mol. The minimum Gasteiger partial charge on any atom is -0.469 e. The molecule has 0 aliphatic heterocycles. The summed E-state index contributed by atoms with van der Waals surface area (Å²) in [5.41, 5.74) is 1.02. The lowest BCUT2D eigenvalue weighted by Gasteiger charge is -2.04. The molecule has 0 unspecified atom stereocenters. The highest BCUT2D eigenvalue weighted by Gasteiger charge is 1.98. The van der Waals surface area contributed by atoms with Crippen LogP contribution >= 0.6 is 0 Å². The van der Waals surface area contributed by atoms with Gasteiger partial charge in [0.2, 0.25) is 0 Å². The van der Waals surface area contributed by atoms with Gasteiger partial charge >= 0.3 is 5.97 Å². The second-order valence-electron chi connectivity index (χ2n) is 2.84. The van der Waals surface area contributed by atoms with Crippen LogP contribution in [-0.2, 0) is 9.53 Å². The summed E-state index contributed by atoms with van der Waals surface area (Å²) >= 11 is 0. The van der Waals surface area contributed by atoms with Crippen LogP contribution in [0, 0.1) is 0 Å². The third-order valence-electron chi connectivity index (χ3n) is 1.79. The van der Waals surface area contributed by atoms with E-state index in [2.05, 4.69) is 15.0 Å². The first-order chi connectivity index (χ1) is 6.83. The number of hydrogen-bond donors (Lipinski definition) is 1. The highest BCUT2D eigenvalue weighted by Crippen LogP contribution is 2.03. The molecule has 0 radical (unpaired) electrons. The number of rotatable bonds is 5. The van der Waals surface area contributed by atoms with Crippen molar-refractivity contribution >= 4 is 11.7 Å². The van der Waals surface area contributed by atoms with Crippen LogP contribution in [0.4, 0.5) is 5.69 Å². The van der Waals surface area contributed by atoms with Gasteiger partial charge in [-0.3, -0.25) is 9.78 Å². The molecule has 0 aliphatic carbocycles. The predicted molar refractivity (Wildman–Crippen MR) is 54.0 cm³/mol. The van der Waals surface area contributed by atoms with E-state index in [-0.39, 0.29) is 5.97 Å². The Kier molecular flexibility index (Phi) is 4.47. The summed E-state index contributed by atoms with van der Waals surface area (Å²) in [6, 6.07) is 3.77. The second kappa shape index (κ2) is 5.96. The van der Waals surface area contributed by atoms with Crippen LogP contribution in [0.1, 0.15) is 12.8 Å². The average Bonchev–Trinajstić information content (AvgIpc) is 2.25. The lowest BCUT2D eigenvalue weighted by Crippen LogP contribution is -2.06. The second-order valence-corrected chi connectivity index (χ2v) is 2.84. The lowest BCUT2D eigenvalue weighted by molar-refractivity contribution is -0.140. The number of nitrogens with zero attached hydrogens (tertiary/aromatic N) is 1. The average molecular weight is 194 g/mol. The number of hydrogen-bond acceptors (Lipinski definition) is 4. The van der Waals surface area contributed by atoms with E-state index < -0.39 is 0 Å². The van der Waals surface area contributed by atoms with Crippen molar-refractivity contribution in [3.05, 3.63) is 24.5 Å². The molecule has 14 heavy (non-hydrogen) atoms. The number of ether oxygens (including phenoxy) is 1. The molecule has 0 atom stereocenters. The number of carbonyl (C=O) groups is 1. The molecule has 0 spiro atoms. The van der Waals surface area contributed by atoms with Crippen molar-refractivity contribution in [3.63, 3.8) is 0 Å². The number of aromatic nitrogens is 1. The third-order valence-corrected chi connectivity index (χ3v) is 1.79. The van der Waals surface area contributed by atoms with Gasteiger partial charge in [-0.1, -0.05) is 0 Å². The molecule has 1 N–H and O–H groups in total. The van der Waals surface area contributed by atoms with Crippen LogP contribution in [0.5, 0.6) is 0 Å². The number of carbonyl (C=O) groups excluding carboxylic acids is 1. The van der Waals surface area contributed by atoms with E-state index in [4.69, 9.17) is 0 Å². The number of methoxy groups -OCH3 is 1. The van der Waals surface area contributed by atoms with E-state index in [1.54, 1.807) is 12.4 Å². The fraction of sp³-hybridized carbons (Fsp3) is 0.400. The fourth-order valence-electron chi connectivity index (χ4n) is 1.04. The van der Waals surface area contributed by atoms with Gasteiger partial charge in [0.1, 0.15) is 0 Å². The van der Waals surface area contributed by atoms with Gasteiger partial charge in [-0.05, 0) is 18.6 Å². The summed E-state index contributed by atoms with van der Waals surface area (Å²) in [6.07, 6.45) is 4.68. The Morgan fingerprint density at radius 2 is 2.21 bits per heavy atom. The Balaban J connectivity index is 2.13. The Hall–Kier alpha value is -1.58. The van der Waals surface area contributed by atoms with Gasteiger partial charge in [-0.15, -0.1) is 0 Å². The highest BCUT2D eigenvalue weighted by atomic mass is 16.5. The maximum atomic E-state index is 10.8. The van der Waals surface area contributed by atoms with Crippen molar-refractivity contribution in [2.24, 2.45) is 0 Å². The summed E-state index contributed by atoms with van der Waals surface area (Å²) < 4.78 is 4.53. The molecule has 76 valence electrons. The third kappa shape index (κ3) is 3.89. The van der Waals surface area contributed by atoms with Gasteiger partial charge in [-0.25, -0.2) is 0 Å². The first kappa shape index (κ1) is 10.5. The maximum absolute atomic E-state index is 10.8. The molecule has 1 aromatic heterocycles. The fourth-order valence-corrected chi connectivity index (χ4v) is 1.04. The largest absolute Gasteiger partial charge is 0.469 e. The van der Waals surface area contributed by atoms with E-state index in [9.17, 15) is 4.79 Å². The van der Waals surface area contributed by atoms with Gasteiger partial charge in [-0.2, -0.15) is 0 Å². The van der Waals surface area contributed by atoms with Crippen molar-refractivity contribution in [1.82, 2.24) is 4.98 Å². The molecule has 4 nitrogen and oxygen atoms in total. The molecule has 0 fully saturated rings. The Morgan fingerprint density at radius 1 is 1.50 bits per heavy atom. The van der Waals surface area contributed by atoms with Crippen molar-refractivity contribution in [2.45, 2.75) is 12.8 Å². The zero-order valence-electron chi connectivity index (χ0n) is 8.19. The van der Waals surface area contributed by atoms with Crippen LogP contribution < -0.4 is 5.32 Å². The molecule has 0 saturated heterocycles. The van der Waals surface area contributed by atoms with Crippen LogP contribution in [0.2, 0.25) is 0 Å². The smallest absolute Gasteiger partial charge is 0.305 e. The van der Waals surface area contributed by atoms with Crippen molar-refractivity contribution < 1.29 is 9.53 Å². The van der Waals surface area contributed by atoms with Gasteiger partial charge in [0.05, 0.1) is 7.11 Å². The Morgan fingerprint density at radius 3 is 2.86 bits per heavy atom. The van der Waals surface area contributed by atoms with Crippen molar-refractivity contribution in [1.29, 1.82) is 0 Å². The molecule has 0 aliphatic rings. The minimum absolute atomic E-state index is 0.165. The van der Waals surface area contributed by atoms with Gasteiger partial charge < -0.3 is 10.1 Å². The first-order valence-corrected chi connectivity index (χ1v) is 4.53. The molecule has 0 amide bonds. The summed E-state index contributed by atoms with van der Waals surface area (Å²) in [4.78, 5) is 14.7. The van der Waals surface area contributed by atoms with E-state index in [1.165, 1.54) is 7.11 Å².